The number of carbonyl (C=O) groups is 2. The van der Waals surface area contributed by atoms with Crippen LogP contribution in [0, 0.1) is 0 Å². The second-order valence-electron chi connectivity index (χ2n) is 4.98. The third-order valence-corrected chi connectivity index (χ3v) is 3.51. The van der Waals surface area contributed by atoms with Crippen LogP contribution in [0.5, 0.6) is 0 Å². The average Bonchev–Trinajstić information content (AvgIpc) is 2.59. The molecule has 0 unspecified atom stereocenters. The van der Waals surface area contributed by atoms with Crippen molar-refractivity contribution in [2.45, 2.75) is 12.6 Å². The molecule has 0 aromatic heterocycles. The van der Waals surface area contributed by atoms with Crippen molar-refractivity contribution in [1.29, 1.82) is 0 Å². The van der Waals surface area contributed by atoms with Gasteiger partial charge in [-0.1, -0.05) is 0 Å². The highest BCUT2D eigenvalue weighted by molar-refractivity contribution is 5.83. The second kappa shape index (κ2) is 5.75. The van der Waals surface area contributed by atoms with Gasteiger partial charge in [0, 0.05) is 31.4 Å². The van der Waals surface area contributed by atoms with Gasteiger partial charge in [-0.25, -0.2) is 0 Å². The van der Waals surface area contributed by atoms with Crippen LogP contribution in [0.2, 0.25) is 0 Å². The molecule has 1 heterocycles. The van der Waals surface area contributed by atoms with Crippen LogP contribution in [0.1, 0.15) is 22.3 Å². The highest BCUT2D eigenvalue weighted by Gasteiger charge is 2.34. The molecule has 0 radical (unpaired) electrons. The van der Waals surface area contributed by atoms with E-state index in [0.717, 1.165) is 12.1 Å². The zero-order valence-electron chi connectivity index (χ0n) is 11.5. The fraction of sp³-hybridized carbons (Fsp3) is 0.429. The first-order chi connectivity index (χ1) is 9.82. The molecule has 0 bridgehead atoms. The number of carbonyl (C=O) groups excluding carboxylic acids is 2. The molecule has 4 nitrogen and oxygen atoms in total. The van der Waals surface area contributed by atoms with Crippen molar-refractivity contribution in [2.24, 2.45) is 0 Å². The Morgan fingerprint density at radius 1 is 1.24 bits per heavy atom. The van der Waals surface area contributed by atoms with Crippen LogP contribution in [0.25, 0.3) is 0 Å². The van der Waals surface area contributed by atoms with Crippen molar-refractivity contribution in [3.05, 3.63) is 29.3 Å². The van der Waals surface area contributed by atoms with Crippen molar-refractivity contribution in [3.8, 4) is 0 Å². The molecule has 1 fully saturated rings. The van der Waals surface area contributed by atoms with Crippen molar-refractivity contribution in [1.82, 2.24) is 4.90 Å². The molecule has 1 aromatic carbocycles. The van der Waals surface area contributed by atoms with Gasteiger partial charge in [0.2, 0.25) is 5.91 Å². The molecule has 0 saturated carbocycles. The number of rotatable bonds is 2. The molecule has 2 rings (SSSR count). The summed E-state index contributed by atoms with van der Waals surface area (Å²) in [7, 11) is 1.67. The molecule has 0 atom stereocenters. The molecule has 1 aliphatic heterocycles. The van der Waals surface area contributed by atoms with Crippen LogP contribution in [0.15, 0.2) is 18.2 Å². The smallest absolute Gasteiger partial charge is 0.362 e. The van der Waals surface area contributed by atoms with Crippen LogP contribution in [0.3, 0.4) is 0 Å². The number of amides is 1. The van der Waals surface area contributed by atoms with Crippen LogP contribution in [0.4, 0.5) is 18.9 Å². The SMILES string of the molecule is CN1CCCN(c2ccc(C=O)c(C(F)(F)F)c2)CC1=O. The number of hydrogen-bond donors (Lipinski definition) is 0. The number of alkyl halides is 3. The van der Waals surface area contributed by atoms with Gasteiger partial charge in [0.05, 0.1) is 12.1 Å². The van der Waals surface area contributed by atoms with E-state index in [1.165, 1.54) is 6.07 Å². The van der Waals surface area contributed by atoms with E-state index in [1.807, 2.05) is 0 Å². The van der Waals surface area contributed by atoms with Crippen LogP contribution in [-0.2, 0) is 11.0 Å². The second-order valence-corrected chi connectivity index (χ2v) is 4.98. The molecule has 0 N–H and O–H groups in total. The zero-order valence-corrected chi connectivity index (χ0v) is 11.5. The van der Waals surface area contributed by atoms with E-state index in [-0.39, 0.29) is 18.7 Å². The zero-order chi connectivity index (χ0) is 15.6. The topological polar surface area (TPSA) is 40.6 Å². The number of nitrogens with zero attached hydrogens (tertiary/aromatic N) is 2. The molecular weight excluding hydrogens is 285 g/mol. The molecule has 7 heteroatoms. The number of halogens is 3. The predicted octanol–water partition coefficient (Wildman–Crippen LogP) is 2.19. The molecule has 1 aliphatic rings. The lowest BCUT2D eigenvalue weighted by Crippen LogP contribution is -2.34. The van der Waals surface area contributed by atoms with Gasteiger partial charge in [-0.15, -0.1) is 0 Å². The normalized spacial score (nSPS) is 16.9. The quantitative estimate of drug-likeness (QED) is 0.786. The highest BCUT2D eigenvalue weighted by Crippen LogP contribution is 2.34. The minimum Gasteiger partial charge on any atom is -0.362 e. The van der Waals surface area contributed by atoms with Gasteiger partial charge in [-0.3, -0.25) is 9.59 Å². The Bertz CT molecular complexity index is 558. The summed E-state index contributed by atoms with van der Waals surface area (Å²) in [6.45, 7) is 1.11. The lowest BCUT2D eigenvalue weighted by atomic mass is 10.1. The fourth-order valence-electron chi connectivity index (χ4n) is 2.30. The Kier molecular flexibility index (Phi) is 4.20. The Morgan fingerprint density at radius 3 is 2.57 bits per heavy atom. The number of benzene rings is 1. The molecule has 0 spiro atoms. The largest absolute Gasteiger partial charge is 0.417 e. The Hall–Kier alpha value is -2.05. The maximum Gasteiger partial charge on any atom is 0.417 e. The maximum atomic E-state index is 12.9. The predicted molar refractivity (Wildman–Crippen MR) is 71.3 cm³/mol. The summed E-state index contributed by atoms with van der Waals surface area (Å²) in [6, 6.07) is 3.52. The van der Waals surface area contributed by atoms with E-state index in [4.69, 9.17) is 0 Å². The van der Waals surface area contributed by atoms with Gasteiger partial charge in [0.25, 0.3) is 0 Å². The van der Waals surface area contributed by atoms with E-state index in [1.54, 1.807) is 16.8 Å². The minimum atomic E-state index is -4.60. The number of aldehydes is 1. The van der Waals surface area contributed by atoms with Gasteiger partial charge in [0.15, 0.2) is 6.29 Å². The monoisotopic (exact) mass is 300 g/mol. The summed E-state index contributed by atoms with van der Waals surface area (Å²) in [6.07, 6.45) is -3.73. The summed E-state index contributed by atoms with van der Waals surface area (Å²) >= 11 is 0. The average molecular weight is 300 g/mol. The molecule has 114 valence electrons. The Balaban J connectivity index is 2.36. The van der Waals surface area contributed by atoms with Crippen LogP contribution in [-0.4, -0.2) is 43.8 Å². The van der Waals surface area contributed by atoms with Gasteiger partial charge < -0.3 is 9.80 Å². The number of hydrogen-bond acceptors (Lipinski definition) is 3. The lowest BCUT2D eigenvalue weighted by Gasteiger charge is -2.23. The van der Waals surface area contributed by atoms with Gasteiger partial charge >= 0.3 is 6.18 Å². The number of likely N-dealkylation sites (N-methyl/N-ethyl adjacent to an activating group) is 1. The maximum absolute atomic E-state index is 12.9. The first-order valence-electron chi connectivity index (χ1n) is 6.48. The van der Waals surface area contributed by atoms with E-state index < -0.39 is 17.3 Å². The summed E-state index contributed by atoms with van der Waals surface area (Å²) in [5.41, 5.74) is -1.07. The Labute approximate surface area is 120 Å². The van der Waals surface area contributed by atoms with E-state index >= 15 is 0 Å². The summed E-state index contributed by atoms with van der Waals surface area (Å²) < 4.78 is 38.8. The minimum absolute atomic E-state index is 0.0359. The summed E-state index contributed by atoms with van der Waals surface area (Å²) in [5.74, 6) is -0.138. The van der Waals surface area contributed by atoms with E-state index in [2.05, 4.69) is 0 Å². The lowest BCUT2D eigenvalue weighted by molar-refractivity contribution is -0.137. The van der Waals surface area contributed by atoms with Crippen molar-refractivity contribution in [3.63, 3.8) is 0 Å². The molecule has 1 amide bonds. The van der Waals surface area contributed by atoms with Crippen molar-refractivity contribution in [2.75, 3.05) is 31.6 Å². The summed E-state index contributed by atoms with van der Waals surface area (Å²) in [4.78, 5) is 25.7. The Morgan fingerprint density at radius 2 is 1.95 bits per heavy atom. The molecule has 0 aliphatic carbocycles. The van der Waals surface area contributed by atoms with Gasteiger partial charge in [-0.05, 0) is 24.6 Å². The standard InChI is InChI=1S/C14H15F3N2O2/c1-18-5-2-6-19(8-13(18)21)11-4-3-10(9-20)12(7-11)14(15,16)17/h3-4,7,9H,2,5-6,8H2,1H3. The molecular formula is C14H15F3N2O2. The van der Waals surface area contributed by atoms with Crippen molar-refractivity contribution >= 4 is 17.9 Å². The summed E-state index contributed by atoms with van der Waals surface area (Å²) in [5, 5.41) is 0. The molecule has 1 aromatic rings. The van der Waals surface area contributed by atoms with Gasteiger partial charge in [0.1, 0.15) is 0 Å². The van der Waals surface area contributed by atoms with E-state index in [9.17, 15) is 22.8 Å². The third kappa shape index (κ3) is 3.34. The van der Waals surface area contributed by atoms with Crippen molar-refractivity contribution < 1.29 is 22.8 Å². The number of anilines is 1. The van der Waals surface area contributed by atoms with E-state index in [0.29, 0.717) is 25.2 Å². The first kappa shape index (κ1) is 15.3. The first-order valence-corrected chi connectivity index (χ1v) is 6.48. The van der Waals surface area contributed by atoms with Gasteiger partial charge in [-0.2, -0.15) is 13.2 Å². The van der Waals surface area contributed by atoms with Crippen LogP contribution >= 0.6 is 0 Å². The van der Waals surface area contributed by atoms with Crippen LogP contribution < -0.4 is 4.90 Å². The highest BCUT2D eigenvalue weighted by atomic mass is 19.4. The fourth-order valence-corrected chi connectivity index (χ4v) is 2.30. The molecule has 21 heavy (non-hydrogen) atoms. The third-order valence-electron chi connectivity index (χ3n) is 3.51. The molecule has 1 saturated heterocycles.